The molecule has 0 saturated heterocycles. The van der Waals surface area contributed by atoms with Crippen molar-refractivity contribution in [2.24, 2.45) is 0 Å². The Morgan fingerprint density at radius 2 is 1.74 bits per heavy atom. The molecular weight excluding hydrogens is 337 g/mol. The van der Waals surface area contributed by atoms with Crippen LogP contribution in [0.3, 0.4) is 0 Å². The highest BCUT2D eigenvalue weighted by Gasteiger charge is 2.09. The molecule has 3 aromatic rings. The van der Waals surface area contributed by atoms with Gasteiger partial charge in [-0.1, -0.05) is 47.5 Å². The molecule has 0 unspecified atom stereocenters. The van der Waals surface area contributed by atoms with Gasteiger partial charge in [-0.15, -0.1) is 10.2 Å². The first kappa shape index (κ1) is 15.6. The van der Waals surface area contributed by atoms with Crippen molar-refractivity contribution in [2.45, 2.75) is 13.2 Å². The van der Waals surface area contributed by atoms with Crippen molar-refractivity contribution < 1.29 is 9.15 Å². The van der Waals surface area contributed by atoms with Gasteiger partial charge >= 0.3 is 0 Å². The summed E-state index contributed by atoms with van der Waals surface area (Å²) in [5.74, 6) is 1.59. The lowest BCUT2D eigenvalue weighted by atomic mass is 10.3. The van der Waals surface area contributed by atoms with E-state index in [1.54, 1.807) is 6.07 Å². The fourth-order valence-electron chi connectivity index (χ4n) is 1.89. The van der Waals surface area contributed by atoms with Crippen LogP contribution in [0.1, 0.15) is 11.8 Å². The summed E-state index contributed by atoms with van der Waals surface area (Å²) in [7, 11) is 0. The van der Waals surface area contributed by atoms with Gasteiger partial charge in [0.1, 0.15) is 5.75 Å². The lowest BCUT2D eigenvalue weighted by molar-refractivity contribution is 0.259. The van der Waals surface area contributed by atoms with Gasteiger partial charge < -0.3 is 14.5 Å². The predicted octanol–water partition coefficient (Wildman–Crippen LogP) is 4.57. The lowest BCUT2D eigenvalue weighted by Crippen LogP contribution is -2.00. The molecule has 0 aliphatic rings. The van der Waals surface area contributed by atoms with Gasteiger partial charge in [0.05, 0.1) is 22.3 Å². The maximum atomic E-state index is 6.10. The van der Waals surface area contributed by atoms with Gasteiger partial charge in [-0.3, -0.25) is 0 Å². The van der Waals surface area contributed by atoms with Gasteiger partial charge in [0.25, 0.3) is 5.89 Å². The SMILES string of the molecule is Clc1cccc(NCc2nnc(COc3ccccc3)o2)c1Cl. The monoisotopic (exact) mass is 349 g/mol. The first-order chi connectivity index (χ1) is 11.2. The number of ether oxygens (including phenoxy) is 1. The van der Waals surface area contributed by atoms with Crippen LogP contribution in [0.25, 0.3) is 0 Å². The van der Waals surface area contributed by atoms with E-state index in [1.165, 1.54) is 0 Å². The van der Waals surface area contributed by atoms with Gasteiger partial charge in [0, 0.05) is 0 Å². The van der Waals surface area contributed by atoms with Gasteiger partial charge in [-0.05, 0) is 24.3 Å². The quantitative estimate of drug-likeness (QED) is 0.706. The van der Waals surface area contributed by atoms with Crippen molar-refractivity contribution in [1.29, 1.82) is 0 Å². The Kier molecular flexibility index (Phi) is 5.00. The van der Waals surface area contributed by atoms with E-state index in [4.69, 9.17) is 32.4 Å². The molecule has 118 valence electrons. The zero-order valence-electron chi connectivity index (χ0n) is 12.0. The summed E-state index contributed by atoms with van der Waals surface area (Å²) in [5.41, 5.74) is 0.708. The number of hydrogen-bond acceptors (Lipinski definition) is 5. The number of rotatable bonds is 6. The Hall–Kier alpha value is -2.24. The summed E-state index contributed by atoms with van der Waals surface area (Å²) in [5, 5.41) is 12.0. The van der Waals surface area contributed by atoms with Crippen LogP contribution in [0.5, 0.6) is 5.75 Å². The lowest BCUT2D eigenvalue weighted by Gasteiger charge is -2.06. The highest BCUT2D eigenvalue weighted by molar-refractivity contribution is 6.43. The summed E-state index contributed by atoms with van der Waals surface area (Å²) in [4.78, 5) is 0. The minimum Gasteiger partial charge on any atom is -0.484 e. The first-order valence-electron chi connectivity index (χ1n) is 6.89. The molecule has 0 aliphatic carbocycles. The Balaban J connectivity index is 1.56. The smallest absolute Gasteiger partial charge is 0.253 e. The van der Waals surface area contributed by atoms with E-state index in [-0.39, 0.29) is 6.61 Å². The zero-order chi connectivity index (χ0) is 16.1. The third-order valence-corrected chi connectivity index (χ3v) is 3.81. The number of hydrogen-bond donors (Lipinski definition) is 1. The summed E-state index contributed by atoms with van der Waals surface area (Å²) in [6.45, 7) is 0.563. The van der Waals surface area contributed by atoms with Crippen LogP contribution in [-0.2, 0) is 13.2 Å². The second-order valence-corrected chi connectivity index (χ2v) is 5.43. The maximum Gasteiger partial charge on any atom is 0.253 e. The molecule has 1 N–H and O–H groups in total. The van der Waals surface area contributed by atoms with E-state index in [0.29, 0.717) is 34.1 Å². The van der Waals surface area contributed by atoms with Crippen molar-refractivity contribution >= 4 is 28.9 Å². The first-order valence-corrected chi connectivity index (χ1v) is 7.65. The molecule has 0 saturated carbocycles. The Morgan fingerprint density at radius 1 is 0.957 bits per heavy atom. The van der Waals surface area contributed by atoms with Gasteiger partial charge in [0.2, 0.25) is 5.89 Å². The van der Waals surface area contributed by atoms with E-state index in [1.807, 2.05) is 42.5 Å². The van der Waals surface area contributed by atoms with Crippen molar-refractivity contribution in [3.63, 3.8) is 0 Å². The summed E-state index contributed by atoms with van der Waals surface area (Å²) >= 11 is 12.1. The molecule has 1 aromatic heterocycles. The zero-order valence-corrected chi connectivity index (χ0v) is 13.5. The Morgan fingerprint density at radius 3 is 2.57 bits per heavy atom. The van der Waals surface area contributed by atoms with Crippen molar-refractivity contribution in [3.05, 3.63) is 70.4 Å². The van der Waals surface area contributed by atoms with Crippen LogP contribution in [0.2, 0.25) is 10.0 Å². The van der Waals surface area contributed by atoms with Crippen LogP contribution in [0.4, 0.5) is 5.69 Å². The number of halogens is 2. The normalized spacial score (nSPS) is 10.5. The molecule has 0 bridgehead atoms. The number of aromatic nitrogens is 2. The molecule has 0 fully saturated rings. The second-order valence-electron chi connectivity index (χ2n) is 4.65. The minimum absolute atomic E-state index is 0.217. The predicted molar refractivity (Wildman–Crippen MR) is 88.9 cm³/mol. The van der Waals surface area contributed by atoms with Crippen LogP contribution in [-0.4, -0.2) is 10.2 Å². The minimum atomic E-state index is 0.217. The van der Waals surface area contributed by atoms with E-state index in [2.05, 4.69) is 15.5 Å². The van der Waals surface area contributed by atoms with E-state index in [9.17, 15) is 0 Å². The highest BCUT2D eigenvalue weighted by Crippen LogP contribution is 2.29. The highest BCUT2D eigenvalue weighted by atomic mass is 35.5. The molecule has 23 heavy (non-hydrogen) atoms. The van der Waals surface area contributed by atoms with Crippen LogP contribution in [0, 0.1) is 0 Å². The molecule has 2 aromatic carbocycles. The fraction of sp³-hybridized carbons (Fsp3) is 0.125. The molecule has 0 radical (unpaired) electrons. The van der Waals surface area contributed by atoms with Gasteiger partial charge in [0.15, 0.2) is 6.61 Å². The second kappa shape index (κ2) is 7.35. The molecule has 1 heterocycles. The third kappa shape index (κ3) is 4.15. The third-order valence-electron chi connectivity index (χ3n) is 3.00. The molecule has 0 spiro atoms. The number of benzene rings is 2. The Labute approximate surface area is 143 Å². The van der Waals surface area contributed by atoms with E-state index in [0.717, 1.165) is 5.75 Å². The molecular formula is C16H13Cl2N3O2. The van der Waals surface area contributed by atoms with Crippen LogP contribution in [0.15, 0.2) is 52.9 Å². The summed E-state index contributed by atoms with van der Waals surface area (Å²) in [6, 6.07) is 14.8. The molecule has 0 aliphatic heterocycles. The van der Waals surface area contributed by atoms with Crippen LogP contribution >= 0.6 is 23.2 Å². The van der Waals surface area contributed by atoms with Crippen molar-refractivity contribution in [1.82, 2.24) is 10.2 Å². The molecule has 5 nitrogen and oxygen atoms in total. The standard InChI is InChI=1S/C16H13Cl2N3O2/c17-12-7-4-8-13(16(12)18)19-9-14-20-21-15(23-14)10-22-11-5-2-1-3-6-11/h1-8,19H,9-10H2. The summed E-state index contributed by atoms with van der Waals surface area (Å²) in [6.07, 6.45) is 0. The van der Waals surface area contributed by atoms with Crippen LogP contribution < -0.4 is 10.1 Å². The molecule has 7 heteroatoms. The maximum absolute atomic E-state index is 6.10. The summed E-state index contributed by atoms with van der Waals surface area (Å²) < 4.78 is 11.1. The van der Waals surface area contributed by atoms with E-state index >= 15 is 0 Å². The van der Waals surface area contributed by atoms with Crippen molar-refractivity contribution in [2.75, 3.05) is 5.32 Å². The number of nitrogens with zero attached hydrogens (tertiary/aromatic N) is 2. The Bertz CT molecular complexity index is 778. The number of anilines is 1. The van der Waals surface area contributed by atoms with E-state index < -0.39 is 0 Å². The van der Waals surface area contributed by atoms with Gasteiger partial charge in [-0.2, -0.15) is 0 Å². The molecule has 0 atom stereocenters. The van der Waals surface area contributed by atoms with Crippen molar-refractivity contribution in [3.8, 4) is 5.75 Å². The topological polar surface area (TPSA) is 60.2 Å². The van der Waals surface area contributed by atoms with Gasteiger partial charge in [-0.25, -0.2) is 0 Å². The average Bonchev–Trinajstić information content (AvgIpc) is 3.03. The fourth-order valence-corrected chi connectivity index (χ4v) is 2.26. The molecule has 0 amide bonds. The number of nitrogens with one attached hydrogen (secondary N) is 1. The molecule has 3 rings (SSSR count). The largest absolute Gasteiger partial charge is 0.484 e. The number of para-hydroxylation sites is 1. The average molecular weight is 350 g/mol.